The molecule has 0 aliphatic heterocycles. The number of ether oxygens (including phenoxy) is 1. The summed E-state index contributed by atoms with van der Waals surface area (Å²) in [6.45, 7) is 7.96. The predicted octanol–water partition coefficient (Wildman–Crippen LogP) is 4.24. The second kappa shape index (κ2) is 10.8. The summed E-state index contributed by atoms with van der Waals surface area (Å²) in [5.74, 6) is 0.698. The van der Waals surface area contributed by atoms with Gasteiger partial charge in [-0.3, -0.25) is 0 Å². The summed E-state index contributed by atoms with van der Waals surface area (Å²) in [6.07, 6.45) is -4.30. The van der Waals surface area contributed by atoms with Crippen molar-refractivity contribution in [1.82, 2.24) is 10.6 Å². The molecule has 0 saturated carbocycles. The van der Waals surface area contributed by atoms with Gasteiger partial charge in [0.25, 0.3) is 0 Å². The van der Waals surface area contributed by atoms with E-state index in [-0.39, 0.29) is 36.1 Å². The largest absolute Gasteiger partial charge is 0.411 e. The standard InChI is InChI=1S/C17H26F3N3O.HI/c1-5-21-15(23-16(2,3)4)22-10-13-7-6-8-14(9-13)11-24-12-17(18,19)20;/h6-9H,5,10-12H2,1-4H3,(H2,21,22,23);1H. The molecule has 1 aromatic carbocycles. The quantitative estimate of drug-likeness (QED) is 0.369. The van der Waals surface area contributed by atoms with Crippen LogP contribution in [0.2, 0.25) is 0 Å². The maximum Gasteiger partial charge on any atom is 0.411 e. The van der Waals surface area contributed by atoms with Crippen molar-refractivity contribution in [3.05, 3.63) is 35.4 Å². The molecule has 4 nitrogen and oxygen atoms in total. The summed E-state index contributed by atoms with van der Waals surface area (Å²) in [5, 5.41) is 6.45. The average Bonchev–Trinajstić information content (AvgIpc) is 2.43. The molecule has 1 rings (SSSR count). The molecule has 0 amide bonds. The Balaban J connectivity index is 0.00000576. The summed E-state index contributed by atoms with van der Waals surface area (Å²) >= 11 is 0. The summed E-state index contributed by atoms with van der Waals surface area (Å²) in [6, 6.07) is 7.22. The van der Waals surface area contributed by atoms with Gasteiger partial charge in [0.2, 0.25) is 0 Å². The number of rotatable bonds is 6. The number of halogens is 4. The Morgan fingerprint density at radius 3 is 2.36 bits per heavy atom. The molecule has 0 aliphatic rings. The van der Waals surface area contributed by atoms with Gasteiger partial charge in [0, 0.05) is 12.1 Å². The molecule has 0 aromatic heterocycles. The first-order valence-electron chi connectivity index (χ1n) is 7.88. The Bertz CT molecular complexity index is 543. The van der Waals surface area contributed by atoms with Crippen molar-refractivity contribution in [2.45, 2.75) is 52.6 Å². The van der Waals surface area contributed by atoms with Gasteiger partial charge in [-0.2, -0.15) is 13.2 Å². The minimum absolute atomic E-state index is 0. The van der Waals surface area contributed by atoms with Crippen molar-refractivity contribution < 1.29 is 17.9 Å². The molecule has 2 N–H and O–H groups in total. The molecule has 0 heterocycles. The van der Waals surface area contributed by atoms with Crippen LogP contribution in [-0.2, 0) is 17.9 Å². The number of alkyl halides is 3. The highest BCUT2D eigenvalue weighted by Crippen LogP contribution is 2.16. The number of nitrogens with zero attached hydrogens (tertiary/aromatic N) is 1. The molecule has 0 unspecified atom stereocenters. The molecular weight excluding hydrogens is 446 g/mol. The lowest BCUT2D eigenvalue weighted by Crippen LogP contribution is -2.47. The predicted molar refractivity (Wildman–Crippen MR) is 105 cm³/mol. The SMILES string of the molecule is CCNC(=NCc1cccc(COCC(F)(F)F)c1)NC(C)(C)C.I. The van der Waals surface area contributed by atoms with E-state index in [1.165, 1.54) is 0 Å². The fraction of sp³-hybridized carbons (Fsp3) is 0.588. The topological polar surface area (TPSA) is 45.7 Å². The van der Waals surface area contributed by atoms with Crippen molar-refractivity contribution in [1.29, 1.82) is 0 Å². The number of guanidine groups is 1. The fourth-order valence-electron chi connectivity index (χ4n) is 1.94. The van der Waals surface area contributed by atoms with Crippen LogP contribution in [0.15, 0.2) is 29.3 Å². The Kier molecular flexibility index (Phi) is 10.4. The van der Waals surface area contributed by atoms with Crippen LogP contribution in [0.5, 0.6) is 0 Å². The Hall–Kier alpha value is -1.03. The van der Waals surface area contributed by atoms with Gasteiger partial charge in [0.15, 0.2) is 5.96 Å². The molecule has 0 aliphatic carbocycles. The lowest BCUT2D eigenvalue weighted by atomic mass is 10.1. The second-order valence-corrected chi connectivity index (χ2v) is 6.50. The average molecular weight is 473 g/mol. The van der Waals surface area contributed by atoms with Crippen LogP contribution in [0.4, 0.5) is 13.2 Å². The summed E-state index contributed by atoms with van der Waals surface area (Å²) < 4.78 is 41.0. The van der Waals surface area contributed by atoms with Crippen LogP contribution in [-0.4, -0.2) is 30.8 Å². The van der Waals surface area contributed by atoms with Crippen molar-refractivity contribution in [2.24, 2.45) is 4.99 Å². The molecule has 0 fully saturated rings. The van der Waals surface area contributed by atoms with E-state index in [4.69, 9.17) is 0 Å². The van der Waals surface area contributed by atoms with E-state index in [2.05, 4.69) is 20.4 Å². The van der Waals surface area contributed by atoms with E-state index in [1.54, 1.807) is 18.2 Å². The number of hydrogen-bond acceptors (Lipinski definition) is 2. The van der Waals surface area contributed by atoms with Crippen LogP contribution >= 0.6 is 24.0 Å². The van der Waals surface area contributed by atoms with Gasteiger partial charge in [-0.05, 0) is 38.8 Å². The smallest absolute Gasteiger partial charge is 0.367 e. The van der Waals surface area contributed by atoms with Gasteiger partial charge in [0.1, 0.15) is 6.61 Å². The first-order valence-corrected chi connectivity index (χ1v) is 7.88. The van der Waals surface area contributed by atoms with Crippen LogP contribution in [0.3, 0.4) is 0 Å². The zero-order chi connectivity index (χ0) is 18.2. The normalized spacial score (nSPS) is 12.5. The van der Waals surface area contributed by atoms with E-state index in [0.29, 0.717) is 18.1 Å². The van der Waals surface area contributed by atoms with Gasteiger partial charge in [-0.25, -0.2) is 4.99 Å². The molecular formula is C17H27F3IN3O. The zero-order valence-corrected chi connectivity index (χ0v) is 17.4. The Labute approximate surface area is 164 Å². The Morgan fingerprint density at radius 1 is 1.16 bits per heavy atom. The van der Waals surface area contributed by atoms with E-state index in [0.717, 1.165) is 12.1 Å². The minimum atomic E-state index is -4.30. The third-order valence-electron chi connectivity index (χ3n) is 2.78. The van der Waals surface area contributed by atoms with Crippen molar-refractivity contribution >= 4 is 29.9 Å². The molecule has 0 spiro atoms. The maximum absolute atomic E-state index is 12.1. The van der Waals surface area contributed by atoms with E-state index in [1.807, 2.05) is 33.8 Å². The van der Waals surface area contributed by atoms with Crippen LogP contribution in [0.25, 0.3) is 0 Å². The maximum atomic E-state index is 12.1. The lowest BCUT2D eigenvalue weighted by Gasteiger charge is -2.23. The second-order valence-electron chi connectivity index (χ2n) is 6.50. The molecule has 0 bridgehead atoms. The number of hydrogen-bond donors (Lipinski definition) is 2. The number of aliphatic imine (C=N–C) groups is 1. The van der Waals surface area contributed by atoms with Gasteiger partial charge in [0.05, 0.1) is 13.2 Å². The summed E-state index contributed by atoms with van der Waals surface area (Å²) in [7, 11) is 0. The zero-order valence-electron chi connectivity index (χ0n) is 15.0. The van der Waals surface area contributed by atoms with E-state index >= 15 is 0 Å². The van der Waals surface area contributed by atoms with E-state index < -0.39 is 12.8 Å². The first-order chi connectivity index (χ1) is 11.1. The fourth-order valence-corrected chi connectivity index (χ4v) is 1.94. The molecule has 8 heteroatoms. The number of nitrogens with one attached hydrogen (secondary N) is 2. The third-order valence-corrected chi connectivity index (χ3v) is 2.78. The van der Waals surface area contributed by atoms with Crippen molar-refractivity contribution in [2.75, 3.05) is 13.2 Å². The summed E-state index contributed by atoms with van der Waals surface area (Å²) in [4.78, 5) is 4.50. The molecule has 144 valence electrons. The van der Waals surface area contributed by atoms with Crippen molar-refractivity contribution in [3.8, 4) is 0 Å². The highest BCUT2D eigenvalue weighted by molar-refractivity contribution is 14.0. The highest BCUT2D eigenvalue weighted by Gasteiger charge is 2.27. The van der Waals surface area contributed by atoms with Gasteiger partial charge in [-0.1, -0.05) is 24.3 Å². The molecule has 25 heavy (non-hydrogen) atoms. The summed E-state index contributed by atoms with van der Waals surface area (Å²) in [5.41, 5.74) is 1.49. The van der Waals surface area contributed by atoms with Crippen molar-refractivity contribution in [3.63, 3.8) is 0 Å². The van der Waals surface area contributed by atoms with Crippen LogP contribution in [0.1, 0.15) is 38.8 Å². The minimum Gasteiger partial charge on any atom is -0.367 e. The third kappa shape index (κ3) is 12.0. The molecule has 0 saturated heterocycles. The first kappa shape index (κ1) is 24.0. The number of benzene rings is 1. The van der Waals surface area contributed by atoms with Crippen LogP contribution < -0.4 is 10.6 Å². The lowest BCUT2D eigenvalue weighted by molar-refractivity contribution is -0.176. The van der Waals surface area contributed by atoms with Gasteiger partial charge in [-0.15, -0.1) is 24.0 Å². The van der Waals surface area contributed by atoms with E-state index in [9.17, 15) is 13.2 Å². The Morgan fingerprint density at radius 2 is 1.80 bits per heavy atom. The molecule has 1 aromatic rings. The molecule has 0 radical (unpaired) electrons. The van der Waals surface area contributed by atoms with Crippen LogP contribution in [0, 0.1) is 0 Å². The molecule has 0 atom stereocenters. The monoisotopic (exact) mass is 473 g/mol. The van der Waals surface area contributed by atoms with Gasteiger partial charge >= 0.3 is 6.18 Å². The highest BCUT2D eigenvalue weighted by atomic mass is 127. The van der Waals surface area contributed by atoms with Gasteiger partial charge < -0.3 is 15.4 Å².